The van der Waals surface area contributed by atoms with Crippen LogP contribution in [0.5, 0.6) is 0 Å². The lowest BCUT2D eigenvalue weighted by atomic mass is 10.1. The number of carbonyl (C=O) groups is 1. The Bertz CT molecular complexity index is 739. The van der Waals surface area contributed by atoms with Crippen LogP contribution >= 0.6 is 11.8 Å². The van der Waals surface area contributed by atoms with Gasteiger partial charge in [-0.25, -0.2) is 4.98 Å². The Kier molecular flexibility index (Phi) is 4.70. The van der Waals surface area contributed by atoms with E-state index in [1.807, 2.05) is 6.92 Å². The second-order valence-corrected chi connectivity index (χ2v) is 5.48. The molecule has 2 rings (SSSR count). The number of nitrogens with one attached hydrogen (secondary N) is 1. The molecule has 2 aromatic rings. The number of thioether (sulfide) groups is 1. The van der Waals surface area contributed by atoms with Crippen molar-refractivity contribution in [1.29, 1.82) is 0 Å². The summed E-state index contributed by atoms with van der Waals surface area (Å²) in [6.45, 7) is 1.88. The maximum Gasteiger partial charge on any atom is 0.433 e. The second-order valence-electron chi connectivity index (χ2n) is 4.51. The van der Waals surface area contributed by atoms with Gasteiger partial charge in [-0.05, 0) is 6.92 Å². The zero-order valence-corrected chi connectivity index (χ0v) is 12.2. The Hall–Kier alpha value is -2.09. The summed E-state index contributed by atoms with van der Waals surface area (Å²) in [7, 11) is 0. The first kappa shape index (κ1) is 16.3. The minimum absolute atomic E-state index is 0.118. The summed E-state index contributed by atoms with van der Waals surface area (Å²) in [4.78, 5) is 28.6. The van der Waals surface area contributed by atoms with Crippen LogP contribution in [0.2, 0.25) is 0 Å². The monoisotopic (exact) mass is 328 g/mol. The molecule has 1 aromatic carbocycles. The predicted octanol–water partition coefficient (Wildman–Crippen LogP) is 3.07. The van der Waals surface area contributed by atoms with Crippen molar-refractivity contribution in [3.63, 3.8) is 0 Å². The number of aromatic amines is 1. The van der Waals surface area contributed by atoms with Gasteiger partial charge in [0.1, 0.15) is 0 Å². The first-order chi connectivity index (χ1) is 10.3. The number of aromatic nitrogens is 2. The smallest absolute Gasteiger partial charge is 0.301 e. The van der Waals surface area contributed by atoms with E-state index in [2.05, 4.69) is 9.97 Å². The molecule has 1 heterocycles. The first-order valence-electron chi connectivity index (χ1n) is 6.17. The van der Waals surface area contributed by atoms with E-state index in [4.69, 9.17) is 0 Å². The van der Waals surface area contributed by atoms with Gasteiger partial charge in [0.25, 0.3) is 5.56 Å². The lowest BCUT2D eigenvalue weighted by molar-refractivity contribution is -0.141. The van der Waals surface area contributed by atoms with Gasteiger partial charge in [0.2, 0.25) is 0 Å². The molecule has 0 radical (unpaired) electrons. The highest BCUT2D eigenvalue weighted by atomic mass is 32.2. The van der Waals surface area contributed by atoms with Crippen molar-refractivity contribution in [1.82, 2.24) is 9.97 Å². The molecule has 8 heteroatoms. The van der Waals surface area contributed by atoms with Crippen LogP contribution in [0.25, 0.3) is 0 Å². The molecule has 0 atom stereocenters. The van der Waals surface area contributed by atoms with Gasteiger partial charge < -0.3 is 4.98 Å². The predicted molar refractivity (Wildman–Crippen MR) is 76.1 cm³/mol. The number of Topliss-reactive ketones (excluding diaryl/α,β-unsaturated/α-hetero) is 1. The molecule has 0 fully saturated rings. The number of carbonyl (C=O) groups excluding carboxylic acids is 1. The summed E-state index contributed by atoms with van der Waals surface area (Å²) in [6, 6.07) is 7.19. The molecule has 1 N–H and O–H groups in total. The van der Waals surface area contributed by atoms with E-state index < -0.39 is 17.4 Å². The molecule has 1 aromatic heterocycles. The fourth-order valence-electron chi connectivity index (χ4n) is 1.61. The Morgan fingerprint density at radius 2 is 1.91 bits per heavy atom. The average Bonchev–Trinajstić information content (AvgIpc) is 2.44. The highest BCUT2D eigenvalue weighted by molar-refractivity contribution is 7.99. The Labute approximate surface area is 127 Å². The molecule has 4 nitrogen and oxygen atoms in total. The minimum Gasteiger partial charge on any atom is -0.301 e. The molecule has 0 aliphatic carbocycles. The van der Waals surface area contributed by atoms with Crippen molar-refractivity contribution < 1.29 is 18.0 Å². The van der Waals surface area contributed by atoms with Crippen LogP contribution in [-0.4, -0.2) is 21.5 Å². The van der Waals surface area contributed by atoms with Gasteiger partial charge in [-0.3, -0.25) is 9.59 Å². The van der Waals surface area contributed by atoms with Gasteiger partial charge in [0, 0.05) is 11.6 Å². The third-order valence-electron chi connectivity index (χ3n) is 2.72. The molecule has 0 saturated carbocycles. The molecule has 116 valence electrons. The van der Waals surface area contributed by atoms with E-state index in [0.717, 1.165) is 17.3 Å². The number of halogens is 3. The van der Waals surface area contributed by atoms with Crippen LogP contribution in [-0.2, 0) is 6.18 Å². The maximum absolute atomic E-state index is 12.6. The maximum atomic E-state index is 12.6. The van der Waals surface area contributed by atoms with Gasteiger partial charge >= 0.3 is 6.18 Å². The van der Waals surface area contributed by atoms with E-state index in [1.165, 1.54) is 0 Å². The standard InChI is InChI=1S/C14H11F3N2O2S/c1-8-2-4-9(5-3-8)10(20)7-22-13-18-11(14(15,16)17)6-12(21)19-13/h2-6H,7H2,1H3,(H,18,19,21). The van der Waals surface area contributed by atoms with Crippen molar-refractivity contribution >= 4 is 17.5 Å². The van der Waals surface area contributed by atoms with E-state index >= 15 is 0 Å². The number of H-pyrrole nitrogens is 1. The summed E-state index contributed by atoms with van der Waals surface area (Å²) in [5.74, 6) is -0.377. The Morgan fingerprint density at radius 3 is 2.50 bits per heavy atom. The number of hydrogen-bond donors (Lipinski definition) is 1. The number of hydrogen-bond acceptors (Lipinski definition) is 4. The molecular weight excluding hydrogens is 317 g/mol. The number of alkyl halides is 3. The topological polar surface area (TPSA) is 62.8 Å². The van der Waals surface area contributed by atoms with E-state index in [0.29, 0.717) is 11.6 Å². The Balaban J connectivity index is 2.11. The Morgan fingerprint density at radius 1 is 1.27 bits per heavy atom. The lowest BCUT2D eigenvalue weighted by Crippen LogP contribution is -2.17. The fraction of sp³-hybridized carbons (Fsp3) is 0.214. The highest BCUT2D eigenvalue weighted by Crippen LogP contribution is 2.27. The molecule has 0 saturated heterocycles. The fourth-order valence-corrected chi connectivity index (χ4v) is 2.38. The van der Waals surface area contributed by atoms with Crippen molar-refractivity contribution in [3.05, 3.63) is 57.5 Å². The zero-order valence-electron chi connectivity index (χ0n) is 11.4. The quantitative estimate of drug-likeness (QED) is 0.532. The summed E-state index contributed by atoms with van der Waals surface area (Å²) in [6.07, 6.45) is -4.70. The number of benzene rings is 1. The summed E-state index contributed by atoms with van der Waals surface area (Å²) < 4.78 is 37.7. The number of nitrogens with zero attached hydrogens (tertiary/aromatic N) is 1. The van der Waals surface area contributed by atoms with Crippen molar-refractivity contribution in [3.8, 4) is 0 Å². The van der Waals surface area contributed by atoms with Crippen LogP contribution in [0.4, 0.5) is 13.2 Å². The molecule has 0 aliphatic rings. The third-order valence-corrected chi connectivity index (χ3v) is 3.60. The number of rotatable bonds is 4. The summed E-state index contributed by atoms with van der Waals surface area (Å²) in [5, 5.41) is -0.236. The van der Waals surface area contributed by atoms with Crippen LogP contribution in [0.1, 0.15) is 21.6 Å². The molecule has 0 spiro atoms. The van der Waals surface area contributed by atoms with E-state index in [9.17, 15) is 22.8 Å². The molecule has 0 bridgehead atoms. The van der Waals surface area contributed by atoms with Crippen molar-refractivity contribution in [2.24, 2.45) is 0 Å². The van der Waals surface area contributed by atoms with Gasteiger partial charge in [0.15, 0.2) is 16.6 Å². The highest BCUT2D eigenvalue weighted by Gasteiger charge is 2.33. The first-order valence-corrected chi connectivity index (χ1v) is 7.15. The zero-order chi connectivity index (χ0) is 16.3. The van der Waals surface area contributed by atoms with Crippen LogP contribution in [0, 0.1) is 6.92 Å². The van der Waals surface area contributed by atoms with Crippen LogP contribution in [0.15, 0.2) is 40.3 Å². The van der Waals surface area contributed by atoms with Gasteiger partial charge in [0.05, 0.1) is 5.75 Å². The van der Waals surface area contributed by atoms with Crippen LogP contribution < -0.4 is 5.56 Å². The van der Waals surface area contributed by atoms with Crippen LogP contribution in [0.3, 0.4) is 0 Å². The van der Waals surface area contributed by atoms with Gasteiger partial charge in [-0.2, -0.15) is 13.2 Å². The third kappa shape index (κ3) is 4.20. The number of aryl methyl sites for hydroxylation is 1. The summed E-state index contributed by atoms with van der Waals surface area (Å²) in [5.41, 5.74) is -0.741. The number of ketones is 1. The normalized spacial score (nSPS) is 11.5. The average molecular weight is 328 g/mol. The lowest BCUT2D eigenvalue weighted by Gasteiger charge is -2.07. The van der Waals surface area contributed by atoms with Crippen molar-refractivity contribution in [2.75, 3.05) is 5.75 Å². The largest absolute Gasteiger partial charge is 0.433 e. The van der Waals surface area contributed by atoms with E-state index in [1.54, 1.807) is 24.3 Å². The van der Waals surface area contributed by atoms with Gasteiger partial charge in [-0.15, -0.1) is 0 Å². The molecular formula is C14H11F3N2O2S. The minimum atomic E-state index is -4.70. The second kappa shape index (κ2) is 6.35. The van der Waals surface area contributed by atoms with E-state index in [-0.39, 0.29) is 16.7 Å². The van der Waals surface area contributed by atoms with Gasteiger partial charge in [-0.1, -0.05) is 41.6 Å². The summed E-state index contributed by atoms with van der Waals surface area (Å²) >= 11 is 0.756. The molecule has 0 unspecified atom stereocenters. The molecule has 0 amide bonds. The van der Waals surface area contributed by atoms with Crippen molar-refractivity contribution in [2.45, 2.75) is 18.3 Å². The molecule has 0 aliphatic heterocycles. The molecule has 22 heavy (non-hydrogen) atoms. The SMILES string of the molecule is Cc1ccc(C(=O)CSc2nc(C(F)(F)F)cc(=O)[nH]2)cc1.